The number of nitrogens with zero attached hydrogens (tertiary/aromatic N) is 3. The normalized spacial score (nSPS) is 22.3. The van der Waals surface area contributed by atoms with Crippen molar-refractivity contribution in [3.05, 3.63) is 35.8 Å². The van der Waals surface area contributed by atoms with Crippen LogP contribution in [0.4, 0.5) is 0 Å². The minimum absolute atomic E-state index is 0.00311. The molecule has 1 saturated heterocycles. The van der Waals surface area contributed by atoms with E-state index in [0.717, 1.165) is 24.4 Å². The molecule has 2 atom stereocenters. The number of fused-ring (bicyclic) bond motifs is 1. The van der Waals surface area contributed by atoms with Crippen molar-refractivity contribution in [3.63, 3.8) is 0 Å². The molecular formula is C16H22N4O2. The lowest BCUT2D eigenvalue weighted by atomic mass is 10.2. The third-order valence-corrected chi connectivity index (χ3v) is 4.07. The Morgan fingerprint density at radius 1 is 1.45 bits per heavy atom. The number of nitrogens with one attached hydrogen (secondary N) is 1. The number of aryl methyl sites for hydroxylation is 1. The zero-order valence-corrected chi connectivity index (χ0v) is 13.2. The van der Waals surface area contributed by atoms with Gasteiger partial charge in [-0.15, -0.1) is 0 Å². The summed E-state index contributed by atoms with van der Waals surface area (Å²) in [7, 11) is 2.03. The number of pyridine rings is 1. The Bertz CT molecular complexity index is 682. The fourth-order valence-electron chi connectivity index (χ4n) is 2.98. The number of hydrogen-bond acceptors (Lipinski definition) is 4. The van der Waals surface area contributed by atoms with Gasteiger partial charge in [0.2, 0.25) is 0 Å². The molecule has 118 valence electrons. The summed E-state index contributed by atoms with van der Waals surface area (Å²) in [5.74, 6) is -0.145. The molecule has 3 heterocycles. The zero-order chi connectivity index (χ0) is 15.7. The minimum Gasteiger partial charge on any atom is -0.375 e. The summed E-state index contributed by atoms with van der Waals surface area (Å²) in [6.07, 6.45) is 1.83. The van der Waals surface area contributed by atoms with Gasteiger partial charge in [0, 0.05) is 31.6 Å². The van der Waals surface area contributed by atoms with Crippen molar-refractivity contribution in [3.8, 4) is 0 Å². The van der Waals surface area contributed by atoms with Gasteiger partial charge in [-0.05, 0) is 33.0 Å². The Labute approximate surface area is 130 Å². The van der Waals surface area contributed by atoms with E-state index >= 15 is 0 Å². The van der Waals surface area contributed by atoms with Gasteiger partial charge in [0.25, 0.3) is 5.91 Å². The number of hydrogen-bond donors (Lipinski definition) is 1. The SMILES string of the molecule is CCO[C@@H]1CN(C)C[C@H]1NC(=O)c1cn2c(C)cccc2n1. The lowest BCUT2D eigenvalue weighted by Crippen LogP contribution is -2.44. The van der Waals surface area contributed by atoms with Gasteiger partial charge in [-0.3, -0.25) is 4.79 Å². The van der Waals surface area contributed by atoms with Gasteiger partial charge in [0.15, 0.2) is 0 Å². The number of likely N-dealkylation sites (tertiary alicyclic amines) is 1. The maximum atomic E-state index is 12.5. The van der Waals surface area contributed by atoms with Gasteiger partial charge in [-0.1, -0.05) is 6.07 Å². The maximum Gasteiger partial charge on any atom is 0.271 e. The number of ether oxygens (including phenoxy) is 1. The van der Waals surface area contributed by atoms with Crippen LogP contribution in [-0.4, -0.2) is 59.1 Å². The van der Waals surface area contributed by atoms with Crippen molar-refractivity contribution in [2.45, 2.75) is 26.0 Å². The number of carbonyl (C=O) groups excluding carboxylic acids is 1. The Morgan fingerprint density at radius 3 is 3.00 bits per heavy atom. The van der Waals surface area contributed by atoms with Gasteiger partial charge in [-0.2, -0.15) is 0 Å². The first-order valence-corrected chi connectivity index (χ1v) is 7.64. The first-order chi connectivity index (χ1) is 10.6. The van der Waals surface area contributed by atoms with Crippen LogP contribution in [0.15, 0.2) is 24.4 Å². The summed E-state index contributed by atoms with van der Waals surface area (Å²) >= 11 is 0. The molecular weight excluding hydrogens is 280 g/mol. The summed E-state index contributed by atoms with van der Waals surface area (Å²) in [5, 5.41) is 3.06. The highest BCUT2D eigenvalue weighted by atomic mass is 16.5. The minimum atomic E-state index is -0.145. The van der Waals surface area contributed by atoms with Gasteiger partial charge in [0.05, 0.1) is 12.1 Å². The molecule has 1 aliphatic rings. The maximum absolute atomic E-state index is 12.5. The van der Waals surface area contributed by atoms with E-state index in [4.69, 9.17) is 4.74 Å². The molecule has 1 aliphatic heterocycles. The van der Waals surface area contributed by atoms with Gasteiger partial charge in [0.1, 0.15) is 11.3 Å². The van der Waals surface area contributed by atoms with Crippen LogP contribution < -0.4 is 5.32 Å². The molecule has 22 heavy (non-hydrogen) atoms. The van der Waals surface area contributed by atoms with Crippen LogP contribution >= 0.6 is 0 Å². The molecule has 0 saturated carbocycles. The lowest BCUT2D eigenvalue weighted by molar-refractivity contribution is 0.0512. The van der Waals surface area contributed by atoms with Crippen molar-refractivity contribution in [1.29, 1.82) is 0 Å². The molecule has 1 N–H and O–H groups in total. The van der Waals surface area contributed by atoms with Gasteiger partial charge >= 0.3 is 0 Å². The van der Waals surface area contributed by atoms with E-state index in [2.05, 4.69) is 15.2 Å². The molecule has 0 bridgehead atoms. The summed E-state index contributed by atoms with van der Waals surface area (Å²) in [4.78, 5) is 19.0. The standard InChI is InChI=1S/C16H22N4O2/c1-4-22-14-10-19(3)8-12(14)18-16(21)13-9-20-11(2)6-5-7-15(20)17-13/h5-7,9,12,14H,4,8,10H2,1-3H3,(H,18,21)/t12-,14-/m1/s1. The second-order valence-electron chi connectivity index (χ2n) is 5.82. The third-order valence-electron chi connectivity index (χ3n) is 4.07. The monoisotopic (exact) mass is 302 g/mol. The van der Waals surface area contributed by atoms with Crippen LogP contribution in [0.5, 0.6) is 0 Å². The average Bonchev–Trinajstić information content (AvgIpc) is 3.04. The first kappa shape index (κ1) is 15.0. The molecule has 0 radical (unpaired) electrons. The lowest BCUT2D eigenvalue weighted by Gasteiger charge is -2.19. The molecule has 0 aliphatic carbocycles. The highest BCUT2D eigenvalue weighted by molar-refractivity contribution is 5.93. The van der Waals surface area contributed by atoms with E-state index in [0.29, 0.717) is 12.3 Å². The van der Waals surface area contributed by atoms with Crippen molar-refractivity contribution in [1.82, 2.24) is 19.6 Å². The predicted octanol–water partition coefficient (Wildman–Crippen LogP) is 1.09. The number of carbonyl (C=O) groups is 1. The molecule has 6 heteroatoms. The molecule has 3 rings (SSSR count). The average molecular weight is 302 g/mol. The highest BCUT2D eigenvalue weighted by Gasteiger charge is 2.33. The number of rotatable bonds is 4. The summed E-state index contributed by atoms with van der Waals surface area (Å²) in [5.41, 5.74) is 2.28. The molecule has 1 fully saturated rings. The van der Waals surface area contributed by atoms with Gasteiger partial charge in [-0.25, -0.2) is 4.98 Å². The van der Waals surface area contributed by atoms with E-state index in [-0.39, 0.29) is 18.1 Å². The molecule has 2 aromatic heterocycles. The van der Waals surface area contributed by atoms with Gasteiger partial charge < -0.3 is 19.4 Å². The molecule has 1 amide bonds. The Balaban J connectivity index is 1.76. The molecule has 2 aromatic rings. The van der Waals surface area contributed by atoms with Crippen LogP contribution in [0.3, 0.4) is 0 Å². The zero-order valence-electron chi connectivity index (χ0n) is 13.2. The highest BCUT2D eigenvalue weighted by Crippen LogP contribution is 2.13. The van der Waals surface area contributed by atoms with Crippen LogP contribution in [0.2, 0.25) is 0 Å². The molecule has 0 aromatic carbocycles. The second kappa shape index (κ2) is 6.06. The second-order valence-corrected chi connectivity index (χ2v) is 5.82. The number of likely N-dealkylation sites (N-methyl/N-ethyl adjacent to an activating group) is 1. The first-order valence-electron chi connectivity index (χ1n) is 7.64. The largest absolute Gasteiger partial charge is 0.375 e. The topological polar surface area (TPSA) is 58.9 Å². The van der Waals surface area contributed by atoms with E-state index in [1.165, 1.54) is 0 Å². The fraction of sp³-hybridized carbons (Fsp3) is 0.500. The summed E-state index contributed by atoms with van der Waals surface area (Å²) in [6, 6.07) is 5.84. The summed E-state index contributed by atoms with van der Waals surface area (Å²) < 4.78 is 7.64. The number of imidazole rings is 1. The van der Waals surface area contributed by atoms with Crippen molar-refractivity contribution >= 4 is 11.6 Å². The number of aromatic nitrogens is 2. The van der Waals surface area contributed by atoms with E-state index < -0.39 is 0 Å². The smallest absolute Gasteiger partial charge is 0.271 e. The van der Waals surface area contributed by atoms with Crippen molar-refractivity contribution < 1.29 is 9.53 Å². The Morgan fingerprint density at radius 2 is 2.27 bits per heavy atom. The molecule has 0 spiro atoms. The van der Waals surface area contributed by atoms with E-state index in [9.17, 15) is 4.79 Å². The van der Waals surface area contributed by atoms with E-state index in [1.807, 2.05) is 43.5 Å². The Kier molecular flexibility index (Phi) is 4.13. The van der Waals surface area contributed by atoms with Crippen LogP contribution in [0, 0.1) is 6.92 Å². The van der Waals surface area contributed by atoms with Crippen molar-refractivity contribution in [2.24, 2.45) is 0 Å². The number of amides is 1. The third kappa shape index (κ3) is 2.84. The fourth-order valence-corrected chi connectivity index (χ4v) is 2.98. The van der Waals surface area contributed by atoms with Crippen LogP contribution in [0.1, 0.15) is 23.1 Å². The van der Waals surface area contributed by atoms with Crippen molar-refractivity contribution in [2.75, 3.05) is 26.7 Å². The molecule has 0 unspecified atom stereocenters. The Hall–Kier alpha value is -1.92. The van der Waals surface area contributed by atoms with Crippen LogP contribution in [-0.2, 0) is 4.74 Å². The quantitative estimate of drug-likeness (QED) is 0.918. The van der Waals surface area contributed by atoms with Crippen LogP contribution in [0.25, 0.3) is 5.65 Å². The predicted molar refractivity (Wildman–Crippen MR) is 84.1 cm³/mol. The summed E-state index contributed by atoms with van der Waals surface area (Å²) in [6.45, 7) is 6.25. The molecule has 6 nitrogen and oxygen atoms in total. The van der Waals surface area contributed by atoms with E-state index in [1.54, 1.807) is 6.20 Å².